The van der Waals surface area contributed by atoms with Crippen LogP contribution in [0.25, 0.3) is 11.1 Å². The third kappa shape index (κ3) is 2.13. The molecule has 0 aromatic heterocycles. The molecule has 3 rings (SSSR count). The zero-order valence-electron chi connectivity index (χ0n) is 10.9. The van der Waals surface area contributed by atoms with Crippen molar-refractivity contribution < 1.29 is 19.0 Å². The second-order valence-corrected chi connectivity index (χ2v) is 4.95. The van der Waals surface area contributed by atoms with Gasteiger partial charge in [-0.2, -0.15) is 0 Å². The lowest BCUT2D eigenvalue weighted by molar-refractivity contribution is 0.0696. The van der Waals surface area contributed by atoms with Gasteiger partial charge in [-0.3, -0.25) is 0 Å². The summed E-state index contributed by atoms with van der Waals surface area (Å²) in [4.78, 5) is 10.8. The van der Waals surface area contributed by atoms with E-state index in [2.05, 4.69) is 0 Å². The summed E-state index contributed by atoms with van der Waals surface area (Å²) in [6.07, 6.45) is 0.942. The lowest BCUT2D eigenvalue weighted by atomic mass is 9.99. The fourth-order valence-electron chi connectivity index (χ4n) is 2.47. The van der Waals surface area contributed by atoms with Crippen molar-refractivity contribution in [2.24, 2.45) is 0 Å². The van der Waals surface area contributed by atoms with Gasteiger partial charge in [0.15, 0.2) is 0 Å². The van der Waals surface area contributed by atoms with Crippen molar-refractivity contribution in [1.29, 1.82) is 0 Å². The fraction of sp³-hybridized carbons (Fsp3) is 0.188. The highest BCUT2D eigenvalue weighted by atomic mass is 19.1. The van der Waals surface area contributed by atoms with Crippen molar-refractivity contribution in [2.45, 2.75) is 19.4 Å². The molecule has 1 aliphatic heterocycles. The first-order chi connectivity index (χ1) is 9.54. The largest absolute Gasteiger partial charge is 0.490 e. The molecule has 102 valence electrons. The Bertz CT molecular complexity index is 694. The third-order valence-corrected chi connectivity index (χ3v) is 3.42. The SMILES string of the molecule is CC1Cc2cc(-c3ccc(C(=O)O)cc3F)ccc2O1. The lowest BCUT2D eigenvalue weighted by Crippen LogP contribution is -2.05. The fourth-order valence-corrected chi connectivity index (χ4v) is 2.47. The first kappa shape index (κ1) is 12.7. The van der Waals surface area contributed by atoms with Gasteiger partial charge in [0, 0.05) is 12.0 Å². The van der Waals surface area contributed by atoms with Gasteiger partial charge in [-0.15, -0.1) is 0 Å². The molecule has 1 unspecified atom stereocenters. The van der Waals surface area contributed by atoms with Crippen LogP contribution in [0.4, 0.5) is 4.39 Å². The Morgan fingerprint density at radius 2 is 2.10 bits per heavy atom. The molecular formula is C16H13FO3. The average Bonchev–Trinajstić information content (AvgIpc) is 2.77. The first-order valence-corrected chi connectivity index (χ1v) is 6.37. The number of benzene rings is 2. The molecule has 2 aromatic carbocycles. The minimum atomic E-state index is -1.13. The van der Waals surface area contributed by atoms with Gasteiger partial charge in [0.25, 0.3) is 0 Å². The Kier molecular flexibility index (Phi) is 2.93. The Morgan fingerprint density at radius 3 is 2.80 bits per heavy atom. The molecule has 0 saturated heterocycles. The number of fused-ring (bicyclic) bond motifs is 1. The van der Waals surface area contributed by atoms with Crippen LogP contribution in [0.15, 0.2) is 36.4 Å². The van der Waals surface area contributed by atoms with Crippen molar-refractivity contribution >= 4 is 5.97 Å². The van der Waals surface area contributed by atoms with E-state index in [-0.39, 0.29) is 11.7 Å². The average molecular weight is 272 g/mol. The van der Waals surface area contributed by atoms with E-state index in [0.29, 0.717) is 5.56 Å². The number of aromatic carboxylic acids is 1. The molecule has 0 amide bonds. The van der Waals surface area contributed by atoms with Crippen LogP contribution in [0.1, 0.15) is 22.8 Å². The van der Waals surface area contributed by atoms with Gasteiger partial charge in [0.2, 0.25) is 0 Å². The zero-order valence-corrected chi connectivity index (χ0v) is 10.9. The van der Waals surface area contributed by atoms with Crippen LogP contribution in [0, 0.1) is 5.82 Å². The van der Waals surface area contributed by atoms with Crippen LogP contribution < -0.4 is 4.74 Å². The maximum atomic E-state index is 14.0. The monoisotopic (exact) mass is 272 g/mol. The third-order valence-electron chi connectivity index (χ3n) is 3.42. The van der Waals surface area contributed by atoms with Crippen molar-refractivity contribution in [2.75, 3.05) is 0 Å². The summed E-state index contributed by atoms with van der Waals surface area (Å²) < 4.78 is 19.6. The van der Waals surface area contributed by atoms with E-state index >= 15 is 0 Å². The van der Waals surface area contributed by atoms with E-state index in [4.69, 9.17) is 9.84 Å². The second kappa shape index (κ2) is 4.63. The molecule has 0 bridgehead atoms. The Morgan fingerprint density at radius 1 is 1.30 bits per heavy atom. The van der Waals surface area contributed by atoms with Gasteiger partial charge >= 0.3 is 5.97 Å². The van der Waals surface area contributed by atoms with Crippen LogP contribution >= 0.6 is 0 Å². The summed E-state index contributed by atoms with van der Waals surface area (Å²) in [5, 5.41) is 8.84. The Hall–Kier alpha value is -2.36. The van der Waals surface area contributed by atoms with Crippen molar-refractivity contribution in [3.63, 3.8) is 0 Å². The van der Waals surface area contributed by atoms with E-state index in [1.54, 1.807) is 6.07 Å². The number of carboxylic acid groups (broad SMARTS) is 1. The normalized spacial score (nSPS) is 16.6. The van der Waals surface area contributed by atoms with Gasteiger partial charge in [-0.1, -0.05) is 12.1 Å². The summed E-state index contributed by atoms with van der Waals surface area (Å²) in [5.74, 6) is -0.827. The van der Waals surface area contributed by atoms with Crippen molar-refractivity contribution in [3.05, 3.63) is 53.3 Å². The molecule has 1 heterocycles. The highest BCUT2D eigenvalue weighted by Gasteiger charge is 2.20. The van der Waals surface area contributed by atoms with Crippen LogP contribution in [-0.4, -0.2) is 17.2 Å². The molecule has 0 aliphatic carbocycles. The maximum absolute atomic E-state index is 14.0. The highest BCUT2D eigenvalue weighted by Crippen LogP contribution is 2.33. The lowest BCUT2D eigenvalue weighted by Gasteiger charge is -2.07. The number of carbonyl (C=O) groups is 1. The quantitative estimate of drug-likeness (QED) is 0.910. The van der Waals surface area contributed by atoms with Gasteiger partial charge in [0.05, 0.1) is 5.56 Å². The molecule has 2 aromatic rings. The van der Waals surface area contributed by atoms with E-state index in [9.17, 15) is 9.18 Å². The van der Waals surface area contributed by atoms with Crippen molar-refractivity contribution in [3.8, 4) is 16.9 Å². The smallest absolute Gasteiger partial charge is 0.335 e. The number of hydrogen-bond acceptors (Lipinski definition) is 2. The molecule has 0 radical (unpaired) electrons. The van der Waals surface area contributed by atoms with Crippen molar-refractivity contribution in [1.82, 2.24) is 0 Å². The number of halogens is 1. The van der Waals surface area contributed by atoms with Crippen LogP contribution in [0.2, 0.25) is 0 Å². The topological polar surface area (TPSA) is 46.5 Å². The van der Waals surface area contributed by atoms with E-state index in [0.717, 1.165) is 29.4 Å². The molecule has 0 fully saturated rings. The molecule has 0 saturated carbocycles. The predicted molar refractivity (Wildman–Crippen MR) is 72.6 cm³/mol. The van der Waals surface area contributed by atoms with Crippen LogP contribution in [0.3, 0.4) is 0 Å². The first-order valence-electron chi connectivity index (χ1n) is 6.37. The number of ether oxygens (including phenoxy) is 1. The number of rotatable bonds is 2. The van der Waals surface area contributed by atoms with Gasteiger partial charge in [-0.05, 0) is 42.3 Å². The summed E-state index contributed by atoms with van der Waals surface area (Å²) in [6.45, 7) is 1.99. The van der Waals surface area contributed by atoms with E-state index in [1.807, 2.05) is 19.1 Å². The number of hydrogen-bond donors (Lipinski definition) is 1. The second-order valence-electron chi connectivity index (χ2n) is 4.95. The summed E-state index contributed by atoms with van der Waals surface area (Å²) in [5.41, 5.74) is 2.13. The molecule has 1 atom stereocenters. The summed E-state index contributed by atoms with van der Waals surface area (Å²) in [6, 6.07) is 9.48. The molecule has 20 heavy (non-hydrogen) atoms. The number of carboxylic acids is 1. The summed E-state index contributed by atoms with van der Waals surface area (Å²) in [7, 11) is 0. The maximum Gasteiger partial charge on any atom is 0.335 e. The predicted octanol–water partition coefficient (Wildman–Crippen LogP) is 3.51. The standard InChI is InChI=1S/C16H13FO3/c1-9-6-12-7-10(3-5-15(12)20-9)13-4-2-11(16(18)19)8-14(13)17/h2-5,7-9H,6H2,1H3,(H,18,19). The van der Waals surface area contributed by atoms with Crippen LogP contribution in [-0.2, 0) is 6.42 Å². The Balaban J connectivity index is 2.02. The molecule has 1 N–H and O–H groups in total. The zero-order chi connectivity index (χ0) is 14.3. The highest BCUT2D eigenvalue weighted by molar-refractivity contribution is 5.88. The van der Waals surface area contributed by atoms with E-state index < -0.39 is 11.8 Å². The minimum Gasteiger partial charge on any atom is -0.490 e. The van der Waals surface area contributed by atoms with Gasteiger partial charge < -0.3 is 9.84 Å². The minimum absolute atomic E-state index is 0.0515. The molecule has 1 aliphatic rings. The van der Waals surface area contributed by atoms with Gasteiger partial charge in [-0.25, -0.2) is 9.18 Å². The summed E-state index contributed by atoms with van der Waals surface area (Å²) >= 11 is 0. The molecule has 3 nitrogen and oxygen atoms in total. The van der Waals surface area contributed by atoms with Gasteiger partial charge in [0.1, 0.15) is 17.7 Å². The Labute approximate surface area is 115 Å². The van der Waals surface area contributed by atoms with Crippen LogP contribution in [0.5, 0.6) is 5.75 Å². The van der Waals surface area contributed by atoms with E-state index in [1.165, 1.54) is 12.1 Å². The molecule has 0 spiro atoms. The molecular weight excluding hydrogens is 259 g/mol. The molecule has 4 heteroatoms.